The Morgan fingerprint density at radius 2 is 1.64 bits per heavy atom. The molecule has 2 amide bonds. The minimum Gasteiger partial charge on any atom is -0.322 e. The molecule has 0 aliphatic heterocycles. The molecule has 0 heterocycles. The highest BCUT2D eigenvalue weighted by molar-refractivity contribution is 6.04. The molecule has 0 radical (unpaired) electrons. The van der Waals surface area contributed by atoms with Crippen LogP contribution in [0.15, 0.2) is 54.6 Å². The van der Waals surface area contributed by atoms with Gasteiger partial charge in [-0.05, 0) is 49.2 Å². The molecule has 0 spiro atoms. The van der Waals surface area contributed by atoms with E-state index in [4.69, 9.17) is 0 Å². The standard InChI is InChI=1S/C18H18N2O2/c1-13(21)20(17-11-12-17)16-9-7-15(8-10-16)19-18(22)14-5-3-2-4-6-14/h2-10,17H,11-12H2,1H3,(H,19,22). The summed E-state index contributed by atoms with van der Waals surface area (Å²) >= 11 is 0. The Morgan fingerprint density at radius 1 is 1.00 bits per heavy atom. The van der Waals surface area contributed by atoms with Gasteiger partial charge in [-0.15, -0.1) is 0 Å². The minimum absolute atomic E-state index is 0.0589. The van der Waals surface area contributed by atoms with Gasteiger partial charge >= 0.3 is 0 Å². The molecule has 0 bridgehead atoms. The van der Waals surface area contributed by atoms with E-state index in [0.717, 1.165) is 24.2 Å². The first-order valence-corrected chi connectivity index (χ1v) is 7.41. The molecule has 22 heavy (non-hydrogen) atoms. The van der Waals surface area contributed by atoms with Gasteiger partial charge in [0.1, 0.15) is 0 Å². The normalized spacial score (nSPS) is 13.5. The summed E-state index contributed by atoms with van der Waals surface area (Å²) in [4.78, 5) is 25.6. The molecule has 4 heteroatoms. The van der Waals surface area contributed by atoms with E-state index in [2.05, 4.69) is 5.32 Å². The molecule has 0 saturated heterocycles. The molecule has 112 valence electrons. The van der Waals surface area contributed by atoms with Crippen molar-refractivity contribution in [1.82, 2.24) is 0 Å². The van der Waals surface area contributed by atoms with Crippen LogP contribution < -0.4 is 10.2 Å². The van der Waals surface area contributed by atoms with Gasteiger partial charge in [-0.3, -0.25) is 9.59 Å². The van der Waals surface area contributed by atoms with Gasteiger partial charge in [0, 0.05) is 29.9 Å². The number of carbonyl (C=O) groups excluding carboxylic acids is 2. The average Bonchev–Trinajstić information content (AvgIpc) is 3.34. The number of benzene rings is 2. The molecule has 1 aliphatic carbocycles. The first-order valence-electron chi connectivity index (χ1n) is 7.41. The second kappa shape index (κ2) is 6.02. The van der Waals surface area contributed by atoms with Crippen LogP contribution in [-0.4, -0.2) is 17.9 Å². The van der Waals surface area contributed by atoms with Gasteiger partial charge in [-0.1, -0.05) is 18.2 Å². The molecule has 1 fully saturated rings. The van der Waals surface area contributed by atoms with Crippen LogP contribution in [0.1, 0.15) is 30.1 Å². The average molecular weight is 294 g/mol. The molecule has 0 unspecified atom stereocenters. The Hall–Kier alpha value is -2.62. The van der Waals surface area contributed by atoms with Crippen molar-refractivity contribution in [1.29, 1.82) is 0 Å². The maximum atomic E-state index is 12.1. The highest BCUT2D eigenvalue weighted by atomic mass is 16.2. The van der Waals surface area contributed by atoms with Crippen molar-refractivity contribution in [2.24, 2.45) is 0 Å². The van der Waals surface area contributed by atoms with Crippen molar-refractivity contribution in [3.05, 3.63) is 60.2 Å². The lowest BCUT2D eigenvalue weighted by Crippen LogP contribution is -2.30. The van der Waals surface area contributed by atoms with E-state index in [1.807, 2.05) is 47.4 Å². The topological polar surface area (TPSA) is 49.4 Å². The van der Waals surface area contributed by atoms with Crippen LogP contribution in [0.5, 0.6) is 0 Å². The summed E-state index contributed by atoms with van der Waals surface area (Å²) in [5, 5.41) is 2.86. The summed E-state index contributed by atoms with van der Waals surface area (Å²) in [6, 6.07) is 16.8. The van der Waals surface area contributed by atoms with E-state index < -0.39 is 0 Å². The lowest BCUT2D eigenvalue weighted by molar-refractivity contribution is -0.116. The van der Waals surface area contributed by atoms with E-state index in [-0.39, 0.29) is 11.8 Å². The minimum atomic E-state index is -0.140. The fraction of sp³-hybridized carbons (Fsp3) is 0.222. The summed E-state index contributed by atoms with van der Waals surface area (Å²) in [6.07, 6.45) is 2.12. The van der Waals surface area contributed by atoms with Gasteiger partial charge in [0.2, 0.25) is 5.91 Å². The third kappa shape index (κ3) is 3.17. The second-order valence-corrected chi connectivity index (χ2v) is 5.49. The van der Waals surface area contributed by atoms with E-state index in [0.29, 0.717) is 11.6 Å². The number of hydrogen-bond donors (Lipinski definition) is 1. The monoisotopic (exact) mass is 294 g/mol. The lowest BCUT2D eigenvalue weighted by Gasteiger charge is -2.21. The van der Waals surface area contributed by atoms with Crippen LogP contribution in [0.3, 0.4) is 0 Å². The second-order valence-electron chi connectivity index (χ2n) is 5.49. The first-order chi connectivity index (χ1) is 10.6. The summed E-state index contributed by atoms with van der Waals surface area (Å²) in [7, 11) is 0. The molecule has 4 nitrogen and oxygen atoms in total. The first kappa shape index (κ1) is 14.3. The van der Waals surface area contributed by atoms with E-state index in [1.54, 1.807) is 19.1 Å². The summed E-state index contributed by atoms with van der Waals surface area (Å²) in [5.41, 5.74) is 2.22. The predicted molar refractivity (Wildman–Crippen MR) is 87.0 cm³/mol. The van der Waals surface area contributed by atoms with Crippen LogP contribution in [0.4, 0.5) is 11.4 Å². The Balaban J connectivity index is 1.71. The molecular formula is C18H18N2O2. The third-order valence-corrected chi connectivity index (χ3v) is 3.69. The van der Waals surface area contributed by atoms with Crippen molar-refractivity contribution in [3.63, 3.8) is 0 Å². The van der Waals surface area contributed by atoms with Gasteiger partial charge in [0.05, 0.1) is 0 Å². The van der Waals surface area contributed by atoms with Crippen molar-refractivity contribution in [2.45, 2.75) is 25.8 Å². The van der Waals surface area contributed by atoms with Crippen molar-refractivity contribution in [3.8, 4) is 0 Å². The number of anilines is 2. The molecule has 0 atom stereocenters. The van der Waals surface area contributed by atoms with Gasteiger partial charge in [0.15, 0.2) is 0 Å². The van der Waals surface area contributed by atoms with Gasteiger partial charge in [0.25, 0.3) is 5.91 Å². The molecule has 2 aromatic carbocycles. The SMILES string of the molecule is CC(=O)N(c1ccc(NC(=O)c2ccccc2)cc1)C1CC1. The maximum absolute atomic E-state index is 12.1. The zero-order chi connectivity index (χ0) is 15.5. The maximum Gasteiger partial charge on any atom is 0.255 e. The largest absolute Gasteiger partial charge is 0.322 e. The summed E-state index contributed by atoms with van der Waals surface area (Å²) < 4.78 is 0. The molecule has 2 aromatic rings. The number of rotatable bonds is 4. The number of nitrogens with zero attached hydrogens (tertiary/aromatic N) is 1. The van der Waals surface area contributed by atoms with Gasteiger partial charge in [-0.2, -0.15) is 0 Å². The molecule has 1 aliphatic rings. The predicted octanol–water partition coefficient (Wildman–Crippen LogP) is 3.45. The van der Waals surface area contributed by atoms with Crippen molar-refractivity contribution in [2.75, 3.05) is 10.2 Å². The molecule has 3 rings (SSSR count). The zero-order valence-electron chi connectivity index (χ0n) is 12.5. The van der Waals surface area contributed by atoms with Crippen LogP contribution in [-0.2, 0) is 4.79 Å². The number of hydrogen-bond acceptors (Lipinski definition) is 2. The zero-order valence-corrected chi connectivity index (χ0v) is 12.5. The van der Waals surface area contributed by atoms with Crippen molar-refractivity contribution >= 4 is 23.2 Å². The Morgan fingerprint density at radius 3 is 2.18 bits per heavy atom. The number of nitrogens with one attached hydrogen (secondary N) is 1. The molecular weight excluding hydrogens is 276 g/mol. The Bertz CT molecular complexity index is 676. The fourth-order valence-corrected chi connectivity index (χ4v) is 2.48. The lowest BCUT2D eigenvalue weighted by atomic mass is 10.2. The highest BCUT2D eigenvalue weighted by Gasteiger charge is 2.31. The van der Waals surface area contributed by atoms with Gasteiger partial charge < -0.3 is 10.2 Å². The molecule has 1 saturated carbocycles. The Kier molecular flexibility index (Phi) is 3.92. The third-order valence-electron chi connectivity index (χ3n) is 3.69. The van der Waals surface area contributed by atoms with E-state index >= 15 is 0 Å². The molecule has 0 aromatic heterocycles. The van der Waals surface area contributed by atoms with Crippen LogP contribution in [0, 0.1) is 0 Å². The van der Waals surface area contributed by atoms with Gasteiger partial charge in [-0.25, -0.2) is 0 Å². The smallest absolute Gasteiger partial charge is 0.255 e. The van der Waals surface area contributed by atoms with Crippen LogP contribution >= 0.6 is 0 Å². The van der Waals surface area contributed by atoms with Crippen molar-refractivity contribution < 1.29 is 9.59 Å². The van der Waals surface area contributed by atoms with E-state index in [1.165, 1.54) is 0 Å². The number of amides is 2. The fourth-order valence-electron chi connectivity index (χ4n) is 2.48. The summed E-state index contributed by atoms with van der Waals surface area (Å²) in [6.45, 7) is 1.59. The molecule has 1 N–H and O–H groups in total. The quantitative estimate of drug-likeness (QED) is 0.939. The van der Waals surface area contributed by atoms with Crippen LogP contribution in [0.25, 0.3) is 0 Å². The summed E-state index contributed by atoms with van der Waals surface area (Å²) in [5.74, 6) is -0.0810. The Labute approximate surface area is 129 Å². The number of carbonyl (C=O) groups is 2. The van der Waals surface area contributed by atoms with E-state index in [9.17, 15) is 9.59 Å². The van der Waals surface area contributed by atoms with Crippen LogP contribution in [0.2, 0.25) is 0 Å². The highest BCUT2D eigenvalue weighted by Crippen LogP contribution is 2.32.